The van der Waals surface area contributed by atoms with Crippen molar-refractivity contribution in [3.63, 3.8) is 0 Å². The molecule has 0 saturated carbocycles. The number of carbonyl (C=O) groups excluding carboxylic acids is 1. The van der Waals surface area contributed by atoms with Crippen molar-refractivity contribution in [3.8, 4) is 5.75 Å². The van der Waals surface area contributed by atoms with E-state index in [4.69, 9.17) is 4.74 Å². The fraction of sp³-hybridized carbons (Fsp3) is 0.190. The minimum atomic E-state index is -0.0832. The van der Waals surface area contributed by atoms with Crippen LogP contribution in [0, 0.1) is 6.92 Å². The van der Waals surface area contributed by atoms with Crippen LogP contribution in [0.3, 0.4) is 0 Å². The number of thioether (sulfide) groups is 1. The zero-order valence-electron chi connectivity index (χ0n) is 15.4. The van der Waals surface area contributed by atoms with E-state index in [1.807, 2.05) is 62.4 Å². The summed E-state index contributed by atoms with van der Waals surface area (Å²) in [5.41, 5.74) is 1.81. The summed E-state index contributed by atoms with van der Waals surface area (Å²) in [6.45, 7) is 8.62. The number of pyridine rings is 1. The van der Waals surface area contributed by atoms with E-state index in [1.165, 1.54) is 11.8 Å². The average Bonchev–Trinajstić information content (AvgIpc) is 2.93. The van der Waals surface area contributed by atoms with Gasteiger partial charge in [0.05, 0.1) is 11.5 Å². The molecule has 0 radical (unpaired) electrons. The normalized spacial score (nSPS) is 17.0. The predicted molar refractivity (Wildman–Crippen MR) is 111 cm³/mol. The molecule has 138 valence electrons. The Morgan fingerprint density at radius 1 is 1.26 bits per heavy atom. The molecule has 1 aliphatic rings. The maximum atomic E-state index is 12.8. The monoisotopic (exact) mass is 379 g/mol. The lowest BCUT2D eigenvalue weighted by molar-refractivity contribution is -0.121. The number of hydrogen-bond acceptors (Lipinski definition) is 5. The highest BCUT2D eigenvalue weighted by molar-refractivity contribution is 8.18. The molecule has 1 saturated heterocycles. The van der Waals surface area contributed by atoms with Gasteiger partial charge in [0.1, 0.15) is 5.75 Å². The third kappa shape index (κ3) is 4.65. The number of aliphatic imine (C=N–C) groups is 1. The maximum absolute atomic E-state index is 12.8. The molecule has 1 aromatic carbocycles. The third-order valence-corrected chi connectivity index (χ3v) is 4.78. The number of aromatic nitrogens is 1. The van der Waals surface area contributed by atoms with Crippen LogP contribution in [-0.2, 0) is 4.79 Å². The van der Waals surface area contributed by atoms with Crippen molar-refractivity contribution in [2.75, 3.05) is 13.2 Å². The van der Waals surface area contributed by atoms with Crippen LogP contribution < -0.4 is 4.74 Å². The standard InChI is InChI=1S/C21H21N3O2S/c1-4-13-24-20(25)18(14-16-9-11-17(12-10-16)26-5-2)27-21(24)23-19-8-6-7-15(3)22-19/h4,6-12,14H,1,5,13H2,2-3H3/b18-14-,23-21+. The van der Waals surface area contributed by atoms with E-state index in [9.17, 15) is 4.79 Å². The maximum Gasteiger partial charge on any atom is 0.267 e. The minimum absolute atomic E-state index is 0.0832. The van der Waals surface area contributed by atoms with E-state index in [2.05, 4.69) is 16.6 Å². The summed E-state index contributed by atoms with van der Waals surface area (Å²) in [5.74, 6) is 1.31. The van der Waals surface area contributed by atoms with Gasteiger partial charge in [-0.15, -0.1) is 6.58 Å². The van der Waals surface area contributed by atoms with Crippen LogP contribution in [0.1, 0.15) is 18.2 Å². The Morgan fingerprint density at radius 2 is 2.04 bits per heavy atom. The molecule has 0 aliphatic carbocycles. The molecule has 0 bridgehead atoms. The molecule has 3 rings (SSSR count). The SMILES string of the molecule is C=CCN1C(=O)/C(=C/c2ccc(OCC)cc2)S/C1=N/c1cccc(C)n1. The highest BCUT2D eigenvalue weighted by Crippen LogP contribution is 2.34. The van der Waals surface area contributed by atoms with E-state index in [0.717, 1.165) is 17.0 Å². The van der Waals surface area contributed by atoms with Gasteiger partial charge in [0.2, 0.25) is 0 Å². The van der Waals surface area contributed by atoms with Gasteiger partial charge in [0.15, 0.2) is 11.0 Å². The molecule has 0 atom stereocenters. The molecule has 2 aromatic rings. The summed E-state index contributed by atoms with van der Waals surface area (Å²) in [7, 11) is 0. The van der Waals surface area contributed by atoms with E-state index < -0.39 is 0 Å². The fourth-order valence-electron chi connectivity index (χ4n) is 2.55. The Balaban J connectivity index is 1.89. The second-order valence-electron chi connectivity index (χ2n) is 5.85. The fourth-order valence-corrected chi connectivity index (χ4v) is 3.54. The summed E-state index contributed by atoms with van der Waals surface area (Å²) in [5, 5.41) is 0.607. The van der Waals surface area contributed by atoms with E-state index in [-0.39, 0.29) is 5.91 Å². The topological polar surface area (TPSA) is 54.8 Å². The quantitative estimate of drug-likeness (QED) is 0.545. The lowest BCUT2D eigenvalue weighted by atomic mass is 10.2. The van der Waals surface area contributed by atoms with Gasteiger partial charge >= 0.3 is 0 Å². The molecule has 2 heterocycles. The summed E-state index contributed by atoms with van der Waals surface area (Å²) in [6, 6.07) is 13.3. The molecule has 6 heteroatoms. The lowest BCUT2D eigenvalue weighted by Crippen LogP contribution is -2.29. The number of nitrogens with zero attached hydrogens (tertiary/aromatic N) is 3. The van der Waals surface area contributed by atoms with Crippen LogP contribution in [0.4, 0.5) is 5.82 Å². The molecule has 0 N–H and O–H groups in total. The number of amides is 1. The van der Waals surface area contributed by atoms with Crippen molar-refractivity contribution in [3.05, 3.63) is 71.3 Å². The molecule has 27 heavy (non-hydrogen) atoms. The number of carbonyl (C=O) groups is 1. The first-order chi connectivity index (χ1) is 13.1. The van der Waals surface area contributed by atoms with Gasteiger partial charge in [-0.25, -0.2) is 9.98 Å². The van der Waals surface area contributed by atoms with Crippen molar-refractivity contribution in [1.82, 2.24) is 9.88 Å². The Morgan fingerprint density at radius 3 is 2.70 bits per heavy atom. The molecular weight excluding hydrogens is 358 g/mol. The molecule has 0 unspecified atom stereocenters. The van der Waals surface area contributed by atoms with Gasteiger partial charge in [-0.2, -0.15) is 0 Å². The molecule has 1 aliphatic heterocycles. The highest BCUT2D eigenvalue weighted by atomic mass is 32.2. The van der Waals surface area contributed by atoms with Crippen molar-refractivity contribution >= 4 is 34.7 Å². The zero-order valence-corrected chi connectivity index (χ0v) is 16.2. The van der Waals surface area contributed by atoms with Crippen molar-refractivity contribution in [1.29, 1.82) is 0 Å². The minimum Gasteiger partial charge on any atom is -0.494 e. The first-order valence-electron chi connectivity index (χ1n) is 8.68. The first-order valence-corrected chi connectivity index (χ1v) is 9.50. The summed E-state index contributed by atoms with van der Waals surface area (Å²) in [6.07, 6.45) is 3.56. The van der Waals surface area contributed by atoms with Crippen LogP contribution in [-0.4, -0.2) is 34.1 Å². The Hall–Kier alpha value is -2.86. The number of hydrogen-bond donors (Lipinski definition) is 0. The average molecular weight is 379 g/mol. The molecule has 5 nitrogen and oxygen atoms in total. The van der Waals surface area contributed by atoms with E-state index in [0.29, 0.717) is 29.0 Å². The Bertz CT molecular complexity index is 904. The number of aryl methyl sites for hydroxylation is 1. The van der Waals surface area contributed by atoms with Gasteiger partial charge in [0, 0.05) is 12.2 Å². The van der Waals surface area contributed by atoms with Gasteiger partial charge in [-0.1, -0.05) is 24.3 Å². The van der Waals surface area contributed by atoms with Gasteiger partial charge in [0.25, 0.3) is 5.91 Å². The molecular formula is C21H21N3O2S. The first kappa shape index (κ1) is 18.9. The second-order valence-corrected chi connectivity index (χ2v) is 6.86. The number of ether oxygens (including phenoxy) is 1. The second kappa shape index (κ2) is 8.68. The van der Waals surface area contributed by atoms with E-state index in [1.54, 1.807) is 11.0 Å². The molecule has 0 spiro atoms. The largest absolute Gasteiger partial charge is 0.494 e. The summed E-state index contributed by atoms with van der Waals surface area (Å²) in [4.78, 5) is 24.0. The van der Waals surface area contributed by atoms with Crippen molar-refractivity contribution in [2.24, 2.45) is 4.99 Å². The Labute approximate surface area is 163 Å². The zero-order chi connectivity index (χ0) is 19.2. The third-order valence-electron chi connectivity index (χ3n) is 3.77. The number of benzene rings is 1. The molecule has 1 aromatic heterocycles. The lowest BCUT2D eigenvalue weighted by Gasteiger charge is -2.12. The molecule has 1 amide bonds. The predicted octanol–water partition coefficient (Wildman–Crippen LogP) is 4.58. The van der Waals surface area contributed by atoms with Crippen LogP contribution in [0.15, 0.2) is 65.0 Å². The van der Waals surface area contributed by atoms with Crippen LogP contribution in [0.25, 0.3) is 6.08 Å². The van der Waals surface area contributed by atoms with Gasteiger partial charge in [-0.3, -0.25) is 9.69 Å². The van der Waals surface area contributed by atoms with Gasteiger partial charge in [-0.05, 0) is 61.5 Å². The van der Waals surface area contributed by atoms with Crippen LogP contribution in [0.5, 0.6) is 5.75 Å². The van der Waals surface area contributed by atoms with Crippen LogP contribution >= 0.6 is 11.8 Å². The van der Waals surface area contributed by atoms with Crippen molar-refractivity contribution in [2.45, 2.75) is 13.8 Å². The highest BCUT2D eigenvalue weighted by Gasteiger charge is 2.32. The van der Waals surface area contributed by atoms with Crippen LogP contribution in [0.2, 0.25) is 0 Å². The molecule has 1 fully saturated rings. The summed E-state index contributed by atoms with van der Waals surface area (Å²) < 4.78 is 5.46. The smallest absolute Gasteiger partial charge is 0.267 e. The summed E-state index contributed by atoms with van der Waals surface area (Å²) >= 11 is 1.35. The van der Waals surface area contributed by atoms with E-state index >= 15 is 0 Å². The number of amidine groups is 1. The van der Waals surface area contributed by atoms with Crippen molar-refractivity contribution < 1.29 is 9.53 Å². The number of rotatable bonds is 6. The Kier molecular flexibility index (Phi) is 6.08. The van der Waals surface area contributed by atoms with Gasteiger partial charge < -0.3 is 4.74 Å².